The van der Waals surface area contributed by atoms with Crippen molar-refractivity contribution in [2.75, 3.05) is 19.7 Å². The lowest BCUT2D eigenvalue weighted by Gasteiger charge is -2.22. The summed E-state index contributed by atoms with van der Waals surface area (Å²) in [5.74, 6) is -0.000231. The van der Waals surface area contributed by atoms with Crippen LogP contribution in [-0.2, 0) is 4.74 Å². The fourth-order valence-electron chi connectivity index (χ4n) is 2.11. The van der Waals surface area contributed by atoms with Crippen LogP contribution in [0.3, 0.4) is 0 Å². The third-order valence-corrected chi connectivity index (χ3v) is 3.10. The maximum atomic E-state index is 12.4. The number of pyridine rings is 1. The molecule has 0 aliphatic carbocycles. The van der Waals surface area contributed by atoms with Crippen LogP contribution in [0.1, 0.15) is 29.4 Å². The van der Waals surface area contributed by atoms with E-state index in [-0.39, 0.29) is 12.0 Å². The van der Waals surface area contributed by atoms with E-state index in [9.17, 15) is 4.79 Å². The predicted octanol–water partition coefficient (Wildman–Crippen LogP) is 2.29. The Labute approximate surface area is 112 Å². The Hall–Kier alpha value is -1.13. The number of hydrogen-bond acceptors (Lipinski definition) is 3. The van der Waals surface area contributed by atoms with Gasteiger partial charge >= 0.3 is 0 Å². The minimum atomic E-state index is -0.000231. The molecule has 18 heavy (non-hydrogen) atoms. The zero-order chi connectivity index (χ0) is 13.1. The van der Waals surface area contributed by atoms with Crippen molar-refractivity contribution in [3.05, 3.63) is 28.5 Å². The van der Waals surface area contributed by atoms with Crippen molar-refractivity contribution in [1.29, 1.82) is 0 Å². The number of aromatic nitrogens is 1. The van der Waals surface area contributed by atoms with Crippen molar-refractivity contribution < 1.29 is 9.53 Å². The number of carbonyl (C=O) groups is 1. The Morgan fingerprint density at radius 2 is 2.33 bits per heavy atom. The lowest BCUT2D eigenvalue weighted by Crippen LogP contribution is -2.36. The van der Waals surface area contributed by atoms with Crippen molar-refractivity contribution in [2.24, 2.45) is 0 Å². The van der Waals surface area contributed by atoms with Gasteiger partial charge in [0.05, 0.1) is 6.10 Å². The molecule has 1 saturated heterocycles. The Kier molecular flexibility index (Phi) is 4.19. The molecule has 5 heteroatoms. The van der Waals surface area contributed by atoms with Crippen LogP contribution >= 0.6 is 11.6 Å². The molecule has 1 aromatic rings. The van der Waals surface area contributed by atoms with Gasteiger partial charge in [0.15, 0.2) is 0 Å². The maximum absolute atomic E-state index is 12.4. The Balaban J connectivity index is 2.18. The zero-order valence-corrected chi connectivity index (χ0v) is 11.4. The molecule has 2 rings (SSSR count). The molecule has 4 nitrogen and oxygen atoms in total. The highest BCUT2D eigenvalue weighted by Crippen LogP contribution is 2.15. The van der Waals surface area contributed by atoms with Crippen molar-refractivity contribution in [3.63, 3.8) is 0 Å². The summed E-state index contributed by atoms with van der Waals surface area (Å²) in [6.45, 7) is 5.87. The lowest BCUT2D eigenvalue weighted by atomic mass is 10.2. The zero-order valence-electron chi connectivity index (χ0n) is 10.6. The first-order valence-corrected chi connectivity index (χ1v) is 6.49. The third kappa shape index (κ3) is 3.21. The number of hydrogen-bond donors (Lipinski definition) is 0. The van der Waals surface area contributed by atoms with Gasteiger partial charge in [-0.3, -0.25) is 4.79 Å². The first kappa shape index (κ1) is 13.3. The van der Waals surface area contributed by atoms with E-state index in [4.69, 9.17) is 16.3 Å². The smallest absolute Gasteiger partial charge is 0.254 e. The molecule has 0 spiro atoms. The highest BCUT2D eigenvalue weighted by atomic mass is 35.5. The van der Waals surface area contributed by atoms with Crippen LogP contribution in [0.15, 0.2) is 12.1 Å². The van der Waals surface area contributed by atoms with Crippen LogP contribution in [-0.4, -0.2) is 41.6 Å². The number of amides is 1. The van der Waals surface area contributed by atoms with E-state index in [0.29, 0.717) is 23.9 Å². The van der Waals surface area contributed by atoms with Crippen LogP contribution in [0, 0.1) is 6.92 Å². The lowest BCUT2D eigenvalue weighted by molar-refractivity contribution is 0.0562. The first-order valence-electron chi connectivity index (χ1n) is 6.11. The second kappa shape index (κ2) is 5.67. The molecule has 0 N–H and O–H groups in total. The molecule has 0 radical (unpaired) electrons. The summed E-state index contributed by atoms with van der Waals surface area (Å²) in [5, 5.41) is 0.359. The predicted molar refractivity (Wildman–Crippen MR) is 69.9 cm³/mol. The van der Waals surface area contributed by atoms with Gasteiger partial charge in [0, 0.05) is 31.0 Å². The standard InChI is InChI=1S/C13H17ClN2O2/c1-9-6-11(7-12(14)15-9)13(17)16-4-3-5-18-10(2)8-16/h6-7,10H,3-5,8H2,1-2H3. The van der Waals surface area contributed by atoms with E-state index < -0.39 is 0 Å². The topological polar surface area (TPSA) is 42.4 Å². The normalized spacial score (nSPS) is 20.6. The fourth-order valence-corrected chi connectivity index (χ4v) is 2.36. The van der Waals surface area contributed by atoms with E-state index in [0.717, 1.165) is 18.7 Å². The number of ether oxygens (including phenoxy) is 1. The van der Waals surface area contributed by atoms with Gasteiger partial charge < -0.3 is 9.64 Å². The fraction of sp³-hybridized carbons (Fsp3) is 0.538. The number of aryl methyl sites for hydroxylation is 1. The number of carbonyl (C=O) groups excluding carboxylic acids is 1. The van der Waals surface area contributed by atoms with Crippen molar-refractivity contribution in [3.8, 4) is 0 Å². The summed E-state index contributed by atoms with van der Waals surface area (Å²) >= 11 is 5.89. The molecule has 1 aromatic heterocycles. The molecule has 1 aliphatic heterocycles. The quantitative estimate of drug-likeness (QED) is 0.734. The average Bonchev–Trinajstić information content (AvgIpc) is 2.51. The van der Waals surface area contributed by atoms with Gasteiger partial charge in [-0.05, 0) is 32.4 Å². The van der Waals surface area contributed by atoms with Gasteiger partial charge in [0.2, 0.25) is 0 Å². The Bertz CT molecular complexity index is 430. The van der Waals surface area contributed by atoms with Crippen LogP contribution < -0.4 is 0 Å². The molecule has 1 aliphatic rings. The number of rotatable bonds is 1. The third-order valence-electron chi connectivity index (χ3n) is 2.91. The molecule has 2 heterocycles. The molecule has 0 bridgehead atoms. The summed E-state index contributed by atoms with van der Waals surface area (Å²) in [6, 6.07) is 3.39. The maximum Gasteiger partial charge on any atom is 0.254 e. The second-order valence-corrected chi connectivity index (χ2v) is 4.99. The van der Waals surface area contributed by atoms with E-state index in [1.54, 1.807) is 12.1 Å². The summed E-state index contributed by atoms with van der Waals surface area (Å²) in [6.07, 6.45) is 0.947. The summed E-state index contributed by atoms with van der Waals surface area (Å²) < 4.78 is 5.53. The van der Waals surface area contributed by atoms with Gasteiger partial charge in [-0.1, -0.05) is 11.6 Å². The molecule has 98 valence electrons. The number of halogens is 1. The minimum absolute atomic E-state index is 0.000231. The van der Waals surface area contributed by atoms with Gasteiger partial charge in [-0.25, -0.2) is 4.98 Å². The first-order chi connectivity index (χ1) is 8.56. The minimum Gasteiger partial charge on any atom is -0.377 e. The summed E-state index contributed by atoms with van der Waals surface area (Å²) in [4.78, 5) is 18.3. The van der Waals surface area contributed by atoms with Crippen LogP contribution in [0.25, 0.3) is 0 Å². The van der Waals surface area contributed by atoms with E-state index in [1.807, 2.05) is 18.7 Å². The van der Waals surface area contributed by atoms with Crippen LogP contribution in [0.4, 0.5) is 0 Å². The average molecular weight is 269 g/mol. The molecule has 0 saturated carbocycles. The molecule has 1 fully saturated rings. The molecule has 1 atom stereocenters. The van der Waals surface area contributed by atoms with Crippen LogP contribution in [0.2, 0.25) is 5.15 Å². The van der Waals surface area contributed by atoms with Crippen molar-refractivity contribution in [2.45, 2.75) is 26.4 Å². The monoisotopic (exact) mass is 268 g/mol. The van der Waals surface area contributed by atoms with Crippen LogP contribution in [0.5, 0.6) is 0 Å². The van der Waals surface area contributed by atoms with Gasteiger partial charge in [0.1, 0.15) is 5.15 Å². The summed E-state index contributed by atoms with van der Waals surface area (Å²) in [5.41, 5.74) is 1.35. The van der Waals surface area contributed by atoms with Gasteiger partial charge in [0.25, 0.3) is 5.91 Å². The highest BCUT2D eigenvalue weighted by Gasteiger charge is 2.21. The molecule has 1 amide bonds. The van der Waals surface area contributed by atoms with Gasteiger partial charge in [-0.2, -0.15) is 0 Å². The largest absolute Gasteiger partial charge is 0.377 e. The Morgan fingerprint density at radius 3 is 3.06 bits per heavy atom. The second-order valence-electron chi connectivity index (χ2n) is 4.61. The van der Waals surface area contributed by atoms with E-state index >= 15 is 0 Å². The number of nitrogens with zero attached hydrogens (tertiary/aromatic N) is 2. The molecular weight excluding hydrogens is 252 g/mol. The molecule has 1 unspecified atom stereocenters. The summed E-state index contributed by atoms with van der Waals surface area (Å²) in [7, 11) is 0. The molecule has 0 aromatic carbocycles. The van der Waals surface area contributed by atoms with E-state index in [2.05, 4.69) is 4.98 Å². The van der Waals surface area contributed by atoms with Gasteiger partial charge in [-0.15, -0.1) is 0 Å². The highest BCUT2D eigenvalue weighted by molar-refractivity contribution is 6.29. The van der Waals surface area contributed by atoms with Crippen molar-refractivity contribution in [1.82, 2.24) is 9.88 Å². The Morgan fingerprint density at radius 1 is 1.56 bits per heavy atom. The molecular formula is C13H17ClN2O2. The van der Waals surface area contributed by atoms with E-state index in [1.165, 1.54) is 0 Å². The SMILES string of the molecule is Cc1cc(C(=O)N2CCCOC(C)C2)cc(Cl)n1. The van der Waals surface area contributed by atoms with Crippen molar-refractivity contribution >= 4 is 17.5 Å².